The number of methoxy groups -OCH3 is 1. The molecule has 0 saturated carbocycles. The first kappa shape index (κ1) is 17.7. The zero-order valence-electron chi connectivity index (χ0n) is 12.1. The number of aryl methyl sites for hydroxylation is 1. The Kier molecular flexibility index (Phi) is 7.49. The predicted molar refractivity (Wildman–Crippen MR) is 72.3 cm³/mol. The third-order valence-electron chi connectivity index (χ3n) is 2.62. The Hall–Kier alpha value is -1.31. The minimum absolute atomic E-state index is 0.159. The lowest BCUT2D eigenvalue weighted by molar-refractivity contribution is -0.325. The lowest BCUT2D eigenvalue weighted by Crippen LogP contribution is -2.20. The van der Waals surface area contributed by atoms with E-state index in [0.717, 1.165) is 11.1 Å². The molecule has 1 aromatic carbocycles. The van der Waals surface area contributed by atoms with Crippen molar-refractivity contribution < 1.29 is 27.4 Å². The van der Waals surface area contributed by atoms with E-state index in [2.05, 4.69) is 10.1 Å². The van der Waals surface area contributed by atoms with Crippen LogP contribution in [0.25, 0.3) is 0 Å². The minimum atomic E-state index is -4.62. The molecule has 0 fully saturated rings. The smallest absolute Gasteiger partial charge is 0.491 e. The summed E-state index contributed by atoms with van der Waals surface area (Å²) in [4.78, 5) is 0. The summed E-state index contributed by atoms with van der Waals surface area (Å²) in [5, 5.41) is 3.17. The molecule has 0 aromatic heterocycles. The molecule has 21 heavy (non-hydrogen) atoms. The van der Waals surface area contributed by atoms with Gasteiger partial charge in [0, 0.05) is 25.8 Å². The zero-order valence-corrected chi connectivity index (χ0v) is 12.1. The standard InChI is InChI=1S/C14H20F3NO3/c1-11-3-4-13(20-7-8-21-14(15,16)17)12(9-11)10-18-5-6-19-2/h3-4,9,18H,5-8,10H2,1-2H3. The molecule has 0 saturated heterocycles. The Morgan fingerprint density at radius 2 is 1.90 bits per heavy atom. The Labute approximate surface area is 122 Å². The lowest BCUT2D eigenvalue weighted by Gasteiger charge is -2.14. The molecule has 1 aromatic rings. The minimum Gasteiger partial charge on any atom is -0.491 e. The van der Waals surface area contributed by atoms with Crippen molar-refractivity contribution >= 4 is 0 Å². The van der Waals surface area contributed by atoms with Crippen LogP contribution in [0.3, 0.4) is 0 Å². The average molecular weight is 307 g/mol. The van der Waals surface area contributed by atoms with E-state index in [1.165, 1.54) is 0 Å². The molecular weight excluding hydrogens is 287 g/mol. The molecule has 120 valence electrons. The quantitative estimate of drug-likeness (QED) is 0.712. The van der Waals surface area contributed by atoms with E-state index in [-0.39, 0.29) is 6.61 Å². The fraction of sp³-hybridized carbons (Fsp3) is 0.571. The number of halogens is 3. The van der Waals surface area contributed by atoms with Crippen LogP contribution in [0.5, 0.6) is 5.75 Å². The summed E-state index contributed by atoms with van der Waals surface area (Å²) in [7, 11) is 1.61. The second-order valence-electron chi connectivity index (χ2n) is 4.42. The van der Waals surface area contributed by atoms with Gasteiger partial charge in [-0.3, -0.25) is 4.74 Å². The summed E-state index contributed by atoms with van der Waals surface area (Å²) >= 11 is 0. The van der Waals surface area contributed by atoms with Gasteiger partial charge in [0.05, 0.1) is 13.2 Å². The highest BCUT2D eigenvalue weighted by Crippen LogP contribution is 2.20. The summed E-state index contributed by atoms with van der Waals surface area (Å²) in [6.07, 6.45) is -4.62. The highest BCUT2D eigenvalue weighted by atomic mass is 19.4. The summed E-state index contributed by atoms with van der Waals surface area (Å²) in [6.45, 7) is 3.07. The number of hydrogen-bond donors (Lipinski definition) is 1. The third kappa shape index (κ3) is 7.89. The Balaban J connectivity index is 2.48. The van der Waals surface area contributed by atoms with Crippen molar-refractivity contribution in [3.8, 4) is 5.75 Å². The van der Waals surface area contributed by atoms with E-state index in [9.17, 15) is 13.2 Å². The van der Waals surface area contributed by atoms with E-state index in [1.54, 1.807) is 13.2 Å². The Bertz CT molecular complexity index is 424. The molecular formula is C14H20F3NO3. The monoisotopic (exact) mass is 307 g/mol. The van der Waals surface area contributed by atoms with Gasteiger partial charge in [0.25, 0.3) is 0 Å². The first-order valence-electron chi connectivity index (χ1n) is 6.55. The topological polar surface area (TPSA) is 39.7 Å². The van der Waals surface area contributed by atoms with E-state index in [4.69, 9.17) is 9.47 Å². The van der Waals surface area contributed by atoms with Crippen LogP contribution in [0, 0.1) is 6.92 Å². The van der Waals surface area contributed by atoms with Crippen LogP contribution >= 0.6 is 0 Å². The Morgan fingerprint density at radius 3 is 2.57 bits per heavy atom. The first-order valence-corrected chi connectivity index (χ1v) is 6.55. The fourth-order valence-electron chi connectivity index (χ4n) is 1.69. The van der Waals surface area contributed by atoms with Gasteiger partial charge in [0.2, 0.25) is 0 Å². The van der Waals surface area contributed by atoms with Gasteiger partial charge < -0.3 is 14.8 Å². The van der Waals surface area contributed by atoms with Gasteiger partial charge in [-0.05, 0) is 13.0 Å². The van der Waals surface area contributed by atoms with Crippen LogP contribution in [0.2, 0.25) is 0 Å². The summed E-state index contributed by atoms with van der Waals surface area (Å²) < 4.78 is 49.5. The maximum atomic E-state index is 11.9. The molecule has 1 rings (SSSR count). The van der Waals surface area contributed by atoms with Crippen molar-refractivity contribution in [2.45, 2.75) is 19.8 Å². The Morgan fingerprint density at radius 1 is 1.14 bits per heavy atom. The molecule has 0 bridgehead atoms. The maximum absolute atomic E-state index is 11.9. The predicted octanol–water partition coefficient (Wildman–Crippen LogP) is 2.65. The van der Waals surface area contributed by atoms with Gasteiger partial charge in [0.15, 0.2) is 0 Å². The number of hydrogen-bond acceptors (Lipinski definition) is 4. The summed E-state index contributed by atoms with van der Waals surface area (Å²) in [5.74, 6) is 0.552. The van der Waals surface area contributed by atoms with E-state index in [1.807, 2.05) is 19.1 Å². The van der Waals surface area contributed by atoms with E-state index >= 15 is 0 Å². The van der Waals surface area contributed by atoms with Crippen LogP contribution in [0.1, 0.15) is 11.1 Å². The molecule has 0 unspecified atom stereocenters. The SMILES string of the molecule is COCCNCc1cc(C)ccc1OCCOC(F)(F)F. The molecule has 0 spiro atoms. The van der Waals surface area contributed by atoms with Crippen LogP contribution in [-0.2, 0) is 16.0 Å². The van der Waals surface area contributed by atoms with E-state index < -0.39 is 13.0 Å². The largest absolute Gasteiger partial charge is 0.522 e. The molecule has 1 N–H and O–H groups in total. The highest BCUT2D eigenvalue weighted by Gasteiger charge is 2.28. The van der Waals surface area contributed by atoms with Crippen LogP contribution in [0.15, 0.2) is 18.2 Å². The number of alkyl halides is 3. The maximum Gasteiger partial charge on any atom is 0.522 e. The van der Waals surface area contributed by atoms with Crippen LogP contribution in [0.4, 0.5) is 13.2 Å². The van der Waals surface area contributed by atoms with Gasteiger partial charge in [-0.2, -0.15) is 0 Å². The molecule has 0 aliphatic rings. The van der Waals surface area contributed by atoms with Crippen molar-refractivity contribution in [1.29, 1.82) is 0 Å². The average Bonchev–Trinajstić information content (AvgIpc) is 2.40. The molecule has 4 nitrogen and oxygen atoms in total. The number of benzene rings is 1. The molecule has 0 amide bonds. The second kappa shape index (κ2) is 8.86. The lowest BCUT2D eigenvalue weighted by atomic mass is 10.1. The van der Waals surface area contributed by atoms with Gasteiger partial charge in [-0.1, -0.05) is 17.7 Å². The van der Waals surface area contributed by atoms with Gasteiger partial charge in [-0.25, -0.2) is 0 Å². The van der Waals surface area contributed by atoms with Gasteiger partial charge in [0.1, 0.15) is 12.4 Å². The molecule has 0 heterocycles. The number of ether oxygens (including phenoxy) is 3. The number of nitrogens with one attached hydrogen (secondary N) is 1. The normalized spacial score (nSPS) is 11.7. The van der Waals surface area contributed by atoms with Crippen molar-refractivity contribution in [3.63, 3.8) is 0 Å². The van der Waals surface area contributed by atoms with Crippen molar-refractivity contribution in [1.82, 2.24) is 5.32 Å². The molecule has 0 aliphatic heterocycles. The highest BCUT2D eigenvalue weighted by molar-refractivity contribution is 5.36. The van der Waals surface area contributed by atoms with Crippen molar-refractivity contribution in [3.05, 3.63) is 29.3 Å². The third-order valence-corrected chi connectivity index (χ3v) is 2.62. The molecule has 7 heteroatoms. The number of rotatable bonds is 9. The van der Waals surface area contributed by atoms with Gasteiger partial charge >= 0.3 is 6.36 Å². The summed E-state index contributed by atoms with van der Waals surface area (Å²) in [5.41, 5.74) is 1.94. The summed E-state index contributed by atoms with van der Waals surface area (Å²) in [6, 6.07) is 5.52. The van der Waals surface area contributed by atoms with E-state index in [0.29, 0.717) is 25.4 Å². The second-order valence-corrected chi connectivity index (χ2v) is 4.42. The molecule has 0 aliphatic carbocycles. The van der Waals surface area contributed by atoms with Crippen molar-refractivity contribution in [2.75, 3.05) is 33.5 Å². The zero-order chi connectivity index (χ0) is 15.7. The first-order chi connectivity index (χ1) is 9.92. The van der Waals surface area contributed by atoms with Crippen molar-refractivity contribution in [2.24, 2.45) is 0 Å². The molecule has 0 radical (unpaired) electrons. The van der Waals surface area contributed by atoms with Crippen LogP contribution in [-0.4, -0.2) is 39.8 Å². The van der Waals surface area contributed by atoms with Crippen LogP contribution < -0.4 is 10.1 Å². The fourth-order valence-corrected chi connectivity index (χ4v) is 1.69. The molecule has 0 atom stereocenters. The van der Waals surface area contributed by atoms with Gasteiger partial charge in [-0.15, -0.1) is 13.2 Å².